The highest BCUT2D eigenvalue weighted by molar-refractivity contribution is 9.11. The van der Waals surface area contributed by atoms with Crippen molar-refractivity contribution in [2.75, 3.05) is 26.9 Å². The van der Waals surface area contributed by atoms with Gasteiger partial charge in [0.1, 0.15) is 82.2 Å². The molecule has 0 unspecified atom stereocenters. The smallest absolute Gasteiger partial charge is 0.344 e. The Bertz CT molecular complexity index is 2650. The number of aliphatic hydroxyl groups is 4. The van der Waals surface area contributed by atoms with E-state index in [1.807, 2.05) is 13.8 Å². The first-order valence-electron chi connectivity index (χ1n) is 24.3. The summed E-state index contributed by atoms with van der Waals surface area (Å²) in [4.78, 5) is 20.5. The normalized spacial score (nSPS) is 11.6. The molecule has 5 aromatic carbocycles. The van der Waals surface area contributed by atoms with Gasteiger partial charge in [0.15, 0.2) is 6.10 Å². The second-order valence-corrected chi connectivity index (χ2v) is 18.6. The number of esters is 1. The number of methoxy groups -OCH3 is 1. The van der Waals surface area contributed by atoms with Crippen molar-refractivity contribution in [3.63, 3.8) is 0 Å². The number of carboxylic acids is 1. The van der Waals surface area contributed by atoms with E-state index in [0.29, 0.717) is 36.2 Å². The van der Waals surface area contributed by atoms with E-state index in [2.05, 4.69) is 77.2 Å². The van der Waals surface area contributed by atoms with Gasteiger partial charge in [-0.1, -0.05) is 45.1 Å². The maximum Gasteiger partial charge on any atom is 0.344 e. The van der Waals surface area contributed by atoms with Gasteiger partial charge in [-0.25, -0.2) is 31.5 Å². The predicted molar refractivity (Wildman–Crippen MR) is 305 cm³/mol. The molecule has 0 saturated carbocycles. The number of halogens is 8. The van der Waals surface area contributed by atoms with Crippen LogP contribution in [0.25, 0.3) is 0 Å². The molecule has 436 valence electrons. The van der Waals surface area contributed by atoms with Gasteiger partial charge in [0, 0.05) is 43.2 Å². The molecule has 0 aliphatic carbocycles. The number of hydrogen-bond donors (Lipinski definition) is 6. The number of phenols is 1. The van der Waals surface area contributed by atoms with Crippen molar-refractivity contribution in [1.29, 1.82) is 0 Å². The van der Waals surface area contributed by atoms with E-state index in [9.17, 15) is 31.5 Å². The number of hydrogen-bond acceptors (Lipinski definition) is 12. The van der Waals surface area contributed by atoms with Gasteiger partial charge in [0.2, 0.25) is 0 Å². The third-order valence-corrected chi connectivity index (χ3v) is 11.0. The Hall–Kier alpha value is -5.91. The van der Waals surface area contributed by atoms with Crippen LogP contribution in [0.1, 0.15) is 92.2 Å². The minimum absolute atomic E-state index is 0.0657. The third-order valence-electron chi connectivity index (χ3n) is 9.02. The first-order chi connectivity index (χ1) is 37.3. The Labute approximate surface area is 485 Å². The van der Waals surface area contributed by atoms with Crippen molar-refractivity contribution in [2.45, 2.75) is 118 Å². The largest absolute Gasteiger partial charge is 0.507 e. The standard InChI is InChI=1S/C13H19FO2.C13H15FO2.C9H8BrFO3.C9H10BrFO2.C6H4BrFO.C4H8O3.C4H6/c2*1-3-4-5-11-6-7-12(14)8-13(11)16-10(2)9-15;1-5(9(12)13)14-8-4-6(11)2-3-7(8)10;1-6(5-12)13-9-4-7(11)2-3-8(9)10;7-5-2-1-4(8)3-6(5)9;1-3(5)4(6)7-2;1-3-4-2/h6-8,10,15H,3-5,9H2,1-2H3;6-8,10,15H,3,9H2,1-2H3;2-5H,1H3,(H,12,13);2-4,6,12H,5H2,1H3;1-3,9H;3,5H,1-2H3;1H,4H2,2H3/t2*10-;5-;6-;;3-;/m1111.0./s1. The molecule has 0 radical (unpaired) electrons. The molecular weight excluding hydrogens is 1240 g/mol. The topological polar surface area (TPSA) is 202 Å². The summed E-state index contributed by atoms with van der Waals surface area (Å²) >= 11 is 9.35. The molecule has 0 aliphatic heterocycles. The molecule has 0 aliphatic rings. The van der Waals surface area contributed by atoms with Gasteiger partial charge in [0.25, 0.3) is 0 Å². The number of carbonyl (C=O) groups is 2. The molecule has 0 spiro atoms. The average molecular weight is 1310 g/mol. The van der Waals surface area contributed by atoms with Crippen LogP contribution in [-0.4, -0.2) is 100 Å². The maximum absolute atomic E-state index is 13.1. The minimum atomic E-state index is -1.10. The summed E-state index contributed by atoms with van der Waals surface area (Å²) in [5.74, 6) is 6.03. The van der Waals surface area contributed by atoms with Crippen molar-refractivity contribution in [3.8, 4) is 52.9 Å². The first kappa shape index (κ1) is 75.2. The average Bonchev–Trinajstić information content (AvgIpc) is 3.41. The number of terminal acetylenes is 1. The second-order valence-electron chi connectivity index (χ2n) is 16.1. The monoisotopic (exact) mass is 1310 g/mol. The number of carbonyl (C=O) groups excluding carboxylic acids is 1. The van der Waals surface area contributed by atoms with Gasteiger partial charge in [-0.3, -0.25) is 0 Å². The van der Waals surface area contributed by atoms with Crippen LogP contribution in [-0.2, 0) is 20.7 Å². The summed E-state index contributed by atoms with van der Waals surface area (Å²) in [6.45, 7) is 13.6. The zero-order valence-corrected chi connectivity index (χ0v) is 50.1. The van der Waals surface area contributed by atoms with Gasteiger partial charge >= 0.3 is 11.9 Å². The molecular formula is C58H70Br3F5O13. The van der Waals surface area contributed by atoms with Crippen LogP contribution < -0.4 is 18.9 Å². The van der Waals surface area contributed by atoms with Crippen LogP contribution in [0.3, 0.4) is 0 Å². The third kappa shape index (κ3) is 35.4. The Morgan fingerprint density at radius 1 is 0.595 bits per heavy atom. The highest BCUT2D eigenvalue weighted by Crippen LogP contribution is 2.28. The molecule has 5 atom stereocenters. The fraction of sp³-hybridized carbons (Fsp3) is 0.379. The Morgan fingerprint density at radius 3 is 1.37 bits per heavy atom. The lowest BCUT2D eigenvalue weighted by atomic mass is 10.1. The van der Waals surface area contributed by atoms with Gasteiger partial charge in [0.05, 0.1) is 45.9 Å². The van der Waals surface area contributed by atoms with Crippen LogP contribution in [0.4, 0.5) is 22.0 Å². The number of phenolic OH excluding ortho intramolecular Hbond substituents is 1. The van der Waals surface area contributed by atoms with Crippen LogP contribution >= 0.6 is 47.8 Å². The summed E-state index contributed by atoms with van der Waals surface area (Å²) in [7, 11) is 1.23. The summed E-state index contributed by atoms with van der Waals surface area (Å²) in [5.41, 5.74) is 1.65. The fourth-order valence-corrected chi connectivity index (χ4v) is 5.81. The number of carboxylic acid groups (broad SMARTS) is 1. The van der Waals surface area contributed by atoms with Crippen molar-refractivity contribution in [2.24, 2.45) is 0 Å². The van der Waals surface area contributed by atoms with Gasteiger partial charge in [-0.05, 0) is 155 Å². The molecule has 5 rings (SSSR count). The van der Waals surface area contributed by atoms with Gasteiger partial charge < -0.3 is 54.3 Å². The van der Waals surface area contributed by atoms with Crippen LogP contribution in [0, 0.1) is 53.3 Å². The predicted octanol–water partition coefficient (Wildman–Crippen LogP) is 12.9. The Morgan fingerprint density at radius 2 is 0.987 bits per heavy atom. The number of unbranched alkanes of at least 4 members (excludes halogenated alkanes) is 1. The minimum Gasteiger partial charge on any atom is -0.507 e. The Balaban J connectivity index is 0. The van der Waals surface area contributed by atoms with Gasteiger partial charge in [-0.2, -0.15) is 0 Å². The highest BCUT2D eigenvalue weighted by atomic mass is 79.9. The number of aliphatic carboxylic acids is 1. The molecule has 0 bridgehead atoms. The lowest BCUT2D eigenvalue weighted by molar-refractivity contribution is -0.149. The quantitative estimate of drug-likeness (QED) is 0.0310. The fourth-order valence-electron chi connectivity index (χ4n) is 4.89. The van der Waals surface area contributed by atoms with E-state index in [4.69, 9.17) is 56.0 Å². The number of aliphatic hydroxyl groups excluding tert-OH is 4. The zero-order chi connectivity index (χ0) is 60.6. The first-order valence-corrected chi connectivity index (χ1v) is 26.7. The van der Waals surface area contributed by atoms with E-state index in [-0.39, 0.29) is 67.1 Å². The summed E-state index contributed by atoms with van der Waals surface area (Å²) in [6, 6.07) is 20.6. The highest BCUT2D eigenvalue weighted by Gasteiger charge is 2.15. The van der Waals surface area contributed by atoms with E-state index >= 15 is 0 Å². The number of aryl methyl sites for hydroxylation is 1. The Kier molecular flexibility index (Phi) is 41.8. The van der Waals surface area contributed by atoms with Crippen LogP contribution in [0.15, 0.2) is 104 Å². The summed E-state index contributed by atoms with van der Waals surface area (Å²) < 4.78 is 90.7. The lowest BCUT2D eigenvalue weighted by Crippen LogP contribution is -2.23. The van der Waals surface area contributed by atoms with Crippen molar-refractivity contribution in [1.82, 2.24) is 0 Å². The van der Waals surface area contributed by atoms with Crippen molar-refractivity contribution < 1.29 is 85.9 Å². The number of ether oxygens (including phenoxy) is 5. The van der Waals surface area contributed by atoms with Crippen LogP contribution in [0.5, 0.6) is 28.7 Å². The second kappa shape index (κ2) is 43.9. The maximum atomic E-state index is 13.1. The van der Waals surface area contributed by atoms with E-state index in [0.717, 1.165) is 49.8 Å². The molecule has 79 heavy (non-hydrogen) atoms. The van der Waals surface area contributed by atoms with E-state index in [1.165, 1.54) is 81.6 Å². The van der Waals surface area contributed by atoms with E-state index < -0.39 is 35.8 Å². The van der Waals surface area contributed by atoms with Crippen molar-refractivity contribution in [3.05, 3.63) is 145 Å². The molecule has 0 heterocycles. The van der Waals surface area contributed by atoms with E-state index in [1.54, 1.807) is 39.0 Å². The lowest BCUT2D eigenvalue weighted by Gasteiger charge is -2.15. The molecule has 13 nitrogen and oxygen atoms in total. The van der Waals surface area contributed by atoms with Crippen LogP contribution in [0.2, 0.25) is 0 Å². The molecule has 5 aromatic rings. The molecule has 21 heteroatoms. The summed E-state index contributed by atoms with van der Waals surface area (Å²) in [6.07, 6.45) is 6.36. The number of aromatic hydroxyl groups is 1. The number of rotatable bonds is 16. The molecule has 0 aromatic heterocycles. The summed E-state index contributed by atoms with van der Waals surface area (Å²) in [5, 5.41) is 52.2. The van der Waals surface area contributed by atoms with Gasteiger partial charge in [-0.15, -0.1) is 12.3 Å². The molecule has 0 saturated heterocycles. The number of benzene rings is 5. The molecule has 0 fully saturated rings. The molecule has 0 amide bonds. The van der Waals surface area contributed by atoms with Crippen molar-refractivity contribution >= 4 is 59.7 Å². The SMILES string of the molecule is C#CCC.CCC#Cc1ccc(F)cc1O[C@H](C)CO.CCCCc1ccc(F)cc1O[C@H](C)CO.COC(=O)[C@H](C)O.C[C@@H](Oc1cc(F)ccc1Br)C(=O)O.C[C@H](CO)Oc1cc(F)ccc1Br.Oc1cc(F)ccc1Br. The molecule has 6 N–H and O–H groups in total. The zero-order valence-electron chi connectivity index (χ0n) is 45.3.